The van der Waals surface area contributed by atoms with E-state index in [2.05, 4.69) is 11.6 Å². The second-order valence-corrected chi connectivity index (χ2v) is 3.83. The van der Waals surface area contributed by atoms with Gasteiger partial charge in [0, 0.05) is 0 Å². The molecule has 0 aromatic rings. The van der Waals surface area contributed by atoms with E-state index in [9.17, 15) is 0 Å². The maximum Gasteiger partial charge on any atom is -0.0120 e. The van der Waals surface area contributed by atoms with Crippen molar-refractivity contribution < 1.29 is 0 Å². The van der Waals surface area contributed by atoms with E-state index < -0.39 is 0 Å². The van der Waals surface area contributed by atoms with Crippen LogP contribution >= 0.6 is 10.5 Å². The molecule has 1 aliphatic rings. The normalized spacial score (nSPS) is 33.2. The van der Waals surface area contributed by atoms with E-state index in [1.165, 1.54) is 18.6 Å². The molecule has 0 fully saturated rings. The quantitative estimate of drug-likeness (QED) is 0.406. The summed E-state index contributed by atoms with van der Waals surface area (Å²) in [5, 5.41) is 2.43. The van der Waals surface area contributed by atoms with Crippen LogP contribution in [-0.2, 0) is 0 Å². The van der Waals surface area contributed by atoms with Crippen molar-refractivity contribution in [3.63, 3.8) is 0 Å². The summed E-state index contributed by atoms with van der Waals surface area (Å²) in [6.07, 6.45) is 5.13. The summed E-state index contributed by atoms with van der Waals surface area (Å²) in [7, 11) is 0.702. The van der Waals surface area contributed by atoms with Crippen molar-refractivity contribution in [2.45, 2.75) is 12.8 Å². The van der Waals surface area contributed by atoms with Gasteiger partial charge in [-0.1, -0.05) is 5.37 Å². The van der Waals surface area contributed by atoms with Crippen LogP contribution in [-0.4, -0.2) is 17.4 Å². The zero-order valence-corrected chi connectivity index (χ0v) is 4.92. The van der Waals surface area contributed by atoms with Crippen LogP contribution in [0.1, 0.15) is 12.8 Å². The molecular weight excluding hydrogens is 92.1 g/mol. The molecule has 1 aliphatic heterocycles. The standard InChI is InChI=1S/C5H10S/c1-6-4-2-3-5-6/h4H,2-3,5H2,1H3. The molecule has 0 saturated heterocycles. The van der Waals surface area contributed by atoms with Crippen molar-refractivity contribution in [2.75, 3.05) is 12.0 Å². The zero-order valence-electron chi connectivity index (χ0n) is 4.11. The van der Waals surface area contributed by atoms with Gasteiger partial charge in [0.1, 0.15) is 0 Å². The van der Waals surface area contributed by atoms with Crippen molar-refractivity contribution in [1.29, 1.82) is 0 Å². The molecule has 0 aromatic carbocycles. The van der Waals surface area contributed by atoms with Crippen molar-refractivity contribution in [3.05, 3.63) is 0 Å². The maximum atomic E-state index is 2.43. The monoisotopic (exact) mass is 102 g/mol. The van der Waals surface area contributed by atoms with Crippen LogP contribution in [0.2, 0.25) is 0 Å². The minimum Gasteiger partial charge on any atom is -0.193 e. The molecule has 0 saturated carbocycles. The largest absolute Gasteiger partial charge is 0.193 e. The fraction of sp³-hybridized carbons (Fsp3) is 0.800. The van der Waals surface area contributed by atoms with Gasteiger partial charge in [0.2, 0.25) is 0 Å². The second kappa shape index (κ2) is 1.78. The van der Waals surface area contributed by atoms with Crippen LogP contribution < -0.4 is 0 Å². The number of hydrogen-bond acceptors (Lipinski definition) is 0. The van der Waals surface area contributed by atoms with Gasteiger partial charge in [-0.3, -0.25) is 0 Å². The summed E-state index contributed by atoms with van der Waals surface area (Å²) in [5.74, 6) is 1.46. The van der Waals surface area contributed by atoms with Gasteiger partial charge in [-0.2, -0.15) is 10.5 Å². The molecule has 0 aromatic heterocycles. The van der Waals surface area contributed by atoms with Crippen LogP contribution in [0.4, 0.5) is 0 Å². The second-order valence-electron chi connectivity index (χ2n) is 1.70. The van der Waals surface area contributed by atoms with Gasteiger partial charge in [-0.05, 0) is 24.9 Å². The smallest absolute Gasteiger partial charge is 0.0120 e. The molecule has 0 radical (unpaired) electrons. The first-order chi connectivity index (χ1) is 2.89. The predicted octanol–water partition coefficient (Wildman–Crippen LogP) is 1.48. The molecule has 36 valence electrons. The third-order valence-corrected chi connectivity index (χ3v) is 2.81. The Bertz CT molecular complexity index is 74.0. The Balaban J connectivity index is 2.45. The lowest BCUT2D eigenvalue weighted by Gasteiger charge is -1.83. The maximum absolute atomic E-state index is 2.43. The fourth-order valence-electron chi connectivity index (χ4n) is 0.679. The third-order valence-electron chi connectivity index (χ3n) is 1.07. The minimum absolute atomic E-state index is 0.702. The molecular formula is C5H10S. The highest BCUT2D eigenvalue weighted by atomic mass is 32.2. The summed E-state index contributed by atoms with van der Waals surface area (Å²) in [5.41, 5.74) is 0. The van der Waals surface area contributed by atoms with E-state index in [-0.39, 0.29) is 0 Å². The van der Waals surface area contributed by atoms with Crippen molar-refractivity contribution >= 4 is 15.9 Å². The average molecular weight is 102 g/mol. The van der Waals surface area contributed by atoms with Gasteiger partial charge in [-0.25, -0.2) is 0 Å². The van der Waals surface area contributed by atoms with Gasteiger partial charge < -0.3 is 0 Å². The van der Waals surface area contributed by atoms with Gasteiger partial charge in [0.25, 0.3) is 0 Å². The van der Waals surface area contributed by atoms with Crippen molar-refractivity contribution in [1.82, 2.24) is 0 Å². The van der Waals surface area contributed by atoms with E-state index in [0.29, 0.717) is 10.5 Å². The molecule has 0 amide bonds. The molecule has 0 bridgehead atoms. The highest BCUT2D eigenvalue weighted by molar-refractivity contribution is 8.14. The van der Waals surface area contributed by atoms with Crippen LogP contribution in [0, 0.1) is 0 Å². The first-order valence-electron chi connectivity index (χ1n) is 2.34. The topological polar surface area (TPSA) is 0 Å². The Labute approximate surface area is 41.5 Å². The van der Waals surface area contributed by atoms with Crippen molar-refractivity contribution in [2.24, 2.45) is 0 Å². The van der Waals surface area contributed by atoms with E-state index in [1.807, 2.05) is 0 Å². The molecule has 1 unspecified atom stereocenters. The van der Waals surface area contributed by atoms with Gasteiger partial charge in [-0.15, -0.1) is 0 Å². The first kappa shape index (κ1) is 4.38. The van der Waals surface area contributed by atoms with Gasteiger partial charge in [0.05, 0.1) is 0 Å². The van der Waals surface area contributed by atoms with Crippen LogP contribution in [0.25, 0.3) is 0 Å². The minimum atomic E-state index is 0.702. The molecule has 1 heterocycles. The zero-order chi connectivity index (χ0) is 4.41. The Morgan fingerprint density at radius 2 is 2.50 bits per heavy atom. The first-order valence-corrected chi connectivity index (χ1v) is 4.21. The van der Waals surface area contributed by atoms with Crippen LogP contribution in [0.3, 0.4) is 0 Å². The van der Waals surface area contributed by atoms with Gasteiger partial charge >= 0.3 is 0 Å². The molecule has 0 aliphatic carbocycles. The number of hydrogen-bond donors (Lipinski definition) is 0. The van der Waals surface area contributed by atoms with Crippen LogP contribution in [0.5, 0.6) is 0 Å². The lowest BCUT2D eigenvalue weighted by molar-refractivity contribution is 1.05. The molecule has 1 heteroatoms. The summed E-state index contributed by atoms with van der Waals surface area (Å²) >= 11 is 0. The molecule has 0 N–H and O–H groups in total. The Kier molecular flexibility index (Phi) is 1.30. The third kappa shape index (κ3) is 0.839. The Morgan fingerprint density at radius 3 is 2.67 bits per heavy atom. The summed E-state index contributed by atoms with van der Waals surface area (Å²) in [4.78, 5) is 0. The summed E-state index contributed by atoms with van der Waals surface area (Å²) in [6.45, 7) is 0. The molecule has 1 atom stereocenters. The highest BCUT2D eigenvalue weighted by Crippen LogP contribution is 2.15. The average Bonchev–Trinajstić information content (AvgIpc) is 1.86. The summed E-state index contributed by atoms with van der Waals surface area (Å²) < 4.78 is 0. The van der Waals surface area contributed by atoms with Crippen molar-refractivity contribution in [3.8, 4) is 0 Å². The number of rotatable bonds is 0. The molecule has 0 spiro atoms. The molecule has 0 nitrogen and oxygen atoms in total. The highest BCUT2D eigenvalue weighted by Gasteiger charge is 1.93. The van der Waals surface area contributed by atoms with E-state index >= 15 is 0 Å². The summed E-state index contributed by atoms with van der Waals surface area (Å²) in [6, 6.07) is 0. The lowest BCUT2D eigenvalue weighted by Crippen LogP contribution is -1.64. The predicted molar refractivity (Wildman–Crippen MR) is 33.7 cm³/mol. The molecule has 1 rings (SSSR count). The van der Waals surface area contributed by atoms with E-state index in [4.69, 9.17) is 0 Å². The van der Waals surface area contributed by atoms with Gasteiger partial charge in [0.15, 0.2) is 0 Å². The fourth-order valence-corrected chi connectivity index (χ4v) is 2.04. The van der Waals surface area contributed by atoms with Crippen LogP contribution in [0.15, 0.2) is 0 Å². The Hall–Kier alpha value is 0.220. The SMILES string of the molecule is CS1=CCCC1. The molecule has 6 heavy (non-hydrogen) atoms. The lowest BCUT2D eigenvalue weighted by atomic mass is 10.4. The Morgan fingerprint density at radius 1 is 1.67 bits per heavy atom. The van der Waals surface area contributed by atoms with E-state index in [1.54, 1.807) is 0 Å². The van der Waals surface area contributed by atoms with E-state index in [0.717, 1.165) is 0 Å².